The van der Waals surface area contributed by atoms with Gasteiger partial charge in [-0.1, -0.05) is 0 Å². The van der Waals surface area contributed by atoms with E-state index in [9.17, 15) is 4.79 Å². The van der Waals surface area contributed by atoms with Crippen molar-refractivity contribution in [1.82, 2.24) is 20.4 Å². The van der Waals surface area contributed by atoms with E-state index in [0.29, 0.717) is 6.04 Å². The quantitative estimate of drug-likeness (QED) is 0.812. The Labute approximate surface area is 102 Å². The first-order valence-corrected chi connectivity index (χ1v) is 6.27. The molecule has 1 aromatic rings. The lowest BCUT2D eigenvalue weighted by molar-refractivity contribution is -0.124. The van der Waals surface area contributed by atoms with E-state index >= 15 is 0 Å². The molecule has 0 aromatic carbocycles. The zero-order valence-corrected chi connectivity index (χ0v) is 10.2. The predicted molar refractivity (Wildman–Crippen MR) is 65.6 cm³/mol. The molecule has 2 unspecified atom stereocenters. The molecule has 0 spiro atoms. The van der Waals surface area contributed by atoms with E-state index in [-0.39, 0.29) is 11.9 Å². The molecule has 17 heavy (non-hydrogen) atoms. The van der Waals surface area contributed by atoms with Crippen molar-refractivity contribution in [2.24, 2.45) is 0 Å². The summed E-state index contributed by atoms with van der Waals surface area (Å²) in [5.41, 5.74) is 0. The van der Waals surface area contributed by atoms with E-state index in [1.165, 1.54) is 0 Å². The van der Waals surface area contributed by atoms with Gasteiger partial charge in [0, 0.05) is 18.4 Å². The number of nitrogens with one attached hydrogen (secondary N) is 2. The molecular weight excluding hydrogens is 216 g/mol. The molecule has 0 bridgehead atoms. The molecule has 2 heterocycles. The zero-order chi connectivity index (χ0) is 12.1. The minimum atomic E-state index is -0.235. The smallest absolute Gasteiger partial charge is 0.244 e. The second-order valence-electron chi connectivity index (χ2n) is 4.55. The molecule has 2 rings (SSSR count). The molecule has 1 aliphatic heterocycles. The van der Waals surface area contributed by atoms with Crippen LogP contribution in [0.3, 0.4) is 0 Å². The molecule has 1 aromatic heterocycles. The van der Waals surface area contributed by atoms with E-state index in [1.807, 2.05) is 19.2 Å². The monoisotopic (exact) mass is 236 g/mol. The molecule has 0 saturated carbocycles. The summed E-state index contributed by atoms with van der Waals surface area (Å²) in [6, 6.07) is 1.90. The molecule has 5 heteroatoms. The summed E-state index contributed by atoms with van der Waals surface area (Å²) < 4.78 is 1.68. The van der Waals surface area contributed by atoms with Gasteiger partial charge in [-0.25, -0.2) is 0 Å². The molecule has 1 fully saturated rings. The summed E-state index contributed by atoms with van der Waals surface area (Å²) in [7, 11) is 0. The second-order valence-corrected chi connectivity index (χ2v) is 4.55. The predicted octanol–water partition coefficient (Wildman–Crippen LogP) is 0.702. The Morgan fingerprint density at radius 2 is 2.41 bits per heavy atom. The number of rotatable bonds is 3. The van der Waals surface area contributed by atoms with Crippen LogP contribution in [0.2, 0.25) is 0 Å². The lowest BCUT2D eigenvalue weighted by atomic mass is 10.1. The van der Waals surface area contributed by atoms with Crippen LogP contribution < -0.4 is 10.6 Å². The highest BCUT2D eigenvalue weighted by Crippen LogP contribution is 2.08. The molecule has 2 atom stereocenters. The number of amides is 1. The summed E-state index contributed by atoms with van der Waals surface area (Å²) in [5.74, 6) is 0.0561. The van der Waals surface area contributed by atoms with Crippen molar-refractivity contribution in [3.8, 4) is 0 Å². The molecule has 0 radical (unpaired) electrons. The molecular formula is C12H20N4O. The van der Waals surface area contributed by atoms with Crippen molar-refractivity contribution in [3.63, 3.8) is 0 Å². The first kappa shape index (κ1) is 12.1. The highest BCUT2D eigenvalue weighted by Gasteiger charge is 2.19. The third kappa shape index (κ3) is 3.30. The summed E-state index contributed by atoms with van der Waals surface area (Å²) in [5, 5.41) is 10.5. The Morgan fingerprint density at radius 3 is 3.18 bits per heavy atom. The summed E-state index contributed by atoms with van der Waals surface area (Å²) in [6.45, 7) is 3.92. The normalized spacial score (nSPS) is 22.8. The van der Waals surface area contributed by atoms with Crippen molar-refractivity contribution in [1.29, 1.82) is 0 Å². The minimum absolute atomic E-state index is 0.0561. The topological polar surface area (TPSA) is 59.0 Å². The van der Waals surface area contributed by atoms with Crippen LogP contribution in [0.1, 0.15) is 32.2 Å². The number of aromatic nitrogens is 2. The Morgan fingerprint density at radius 1 is 1.53 bits per heavy atom. The van der Waals surface area contributed by atoms with Crippen molar-refractivity contribution in [3.05, 3.63) is 18.5 Å². The first-order chi connectivity index (χ1) is 8.27. The Balaban J connectivity index is 1.87. The fourth-order valence-electron chi connectivity index (χ4n) is 2.12. The van der Waals surface area contributed by atoms with Crippen molar-refractivity contribution in [2.75, 3.05) is 13.1 Å². The maximum absolute atomic E-state index is 12.0. The molecule has 1 amide bonds. The van der Waals surface area contributed by atoms with Crippen LogP contribution in [0.25, 0.3) is 0 Å². The van der Waals surface area contributed by atoms with Crippen LogP contribution in [-0.2, 0) is 4.79 Å². The average Bonchev–Trinajstić information content (AvgIpc) is 2.74. The van der Waals surface area contributed by atoms with Gasteiger partial charge in [0.15, 0.2) is 0 Å². The number of carbonyl (C=O) groups excluding carboxylic acids is 1. The Kier molecular flexibility index (Phi) is 4.14. The van der Waals surface area contributed by atoms with Gasteiger partial charge in [-0.3, -0.25) is 9.48 Å². The van der Waals surface area contributed by atoms with Gasteiger partial charge >= 0.3 is 0 Å². The van der Waals surface area contributed by atoms with E-state index in [2.05, 4.69) is 15.7 Å². The van der Waals surface area contributed by atoms with Gasteiger partial charge in [-0.15, -0.1) is 0 Å². The fourth-order valence-corrected chi connectivity index (χ4v) is 2.12. The van der Waals surface area contributed by atoms with Gasteiger partial charge in [0.05, 0.1) is 0 Å². The fraction of sp³-hybridized carbons (Fsp3) is 0.667. The van der Waals surface area contributed by atoms with Crippen molar-refractivity contribution in [2.45, 2.75) is 38.3 Å². The van der Waals surface area contributed by atoms with Crippen molar-refractivity contribution >= 4 is 5.91 Å². The van der Waals surface area contributed by atoms with E-state index in [4.69, 9.17) is 0 Å². The summed E-state index contributed by atoms with van der Waals surface area (Å²) in [4.78, 5) is 12.0. The lowest BCUT2D eigenvalue weighted by Crippen LogP contribution is -2.39. The molecule has 94 valence electrons. The van der Waals surface area contributed by atoms with Gasteiger partial charge in [0.2, 0.25) is 5.91 Å². The average molecular weight is 236 g/mol. The highest BCUT2D eigenvalue weighted by molar-refractivity contribution is 5.80. The van der Waals surface area contributed by atoms with Crippen LogP contribution in [-0.4, -0.2) is 34.8 Å². The van der Waals surface area contributed by atoms with Crippen LogP contribution in [0.5, 0.6) is 0 Å². The lowest BCUT2D eigenvalue weighted by Gasteiger charge is -2.19. The number of hydrogen-bond acceptors (Lipinski definition) is 3. The third-order valence-corrected chi connectivity index (χ3v) is 3.22. The maximum Gasteiger partial charge on any atom is 0.244 e. The second kappa shape index (κ2) is 5.82. The standard InChI is InChI=1S/C12H20N4O/c1-10(16-9-3-7-14-16)12(17)15-11-4-2-6-13-8-5-11/h3,7,9-11,13H,2,4-6,8H2,1H3,(H,15,17). The van der Waals surface area contributed by atoms with Gasteiger partial charge < -0.3 is 10.6 Å². The third-order valence-electron chi connectivity index (χ3n) is 3.22. The highest BCUT2D eigenvalue weighted by atomic mass is 16.2. The largest absolute Gasteiger partial charge is 0.351 e. The van der Waals surface area contributed by atoms with Gasteiger partial charge in [0.25, 0.3) is 0 Å². The number of hydrogen-bond donors (Lipinski definition) is 2. The number of nitrogens with zero attached hydrogens (tertiary/aromatic N) is 2. The summed E-state index contributed by atoms with van der Waals surface area (Å²) in [6.07, 6.45) is 6.71. The van der Waals surface area contributed by atoms with Crippen LogP contribution >= 0.6 is 0 Å². The number of carbonyl (C=O) groups is 1. The van der Waals surface area contributed by atoms with Crippen LogP contribution in [0, 0.1) is 0 Å². The Hall–Kier alpha value is -1.36. The summed E-state index contributed by atoms with van der Waals surface area (Å²) >= 11 is 0. The first-order valence-electron chi connectivity index (χ1n) is 6.27. The molecule has 1 saturated heterocycles. The Bertz CT molecular complexity index is 341. The van der Waals surface area contributed by atoms with E-state index in [0.717, 1.165) is 32.4 Å². The SMILES string of the molecule is CC(C(=O)NC1CCCNCC1)n1cccn1. The van der Waals surface area contributed by atoms with Gasteiger partial charge in [0.1, 0.15) is 6.04 Å². The van der Waals surface area contributed by atoms with E-state index in [1.54, 1.807) is 10.9 Å². The van der Waals surface area contributed by atoms with Gasteiger partial charge in [-0.05, 0) is 45.3 Å². The minimum Gasteiger partial charge on any atom is -0.351 e. The van der Waals surface area contributed by atoms with Gasteiger partial charge in [-0.2, -0.15) is 5.10 Å². The molecule has 5 nitrogen and oxygen atoms in total. The van der Waals surface area contributed by atoms with Crippen LogP contribution in [0.4, 0.5) is 0 Å². The zero-order valence-electron chi connectivity index (χ0n) is 10.2. The van der Waals surface area contributed by atoms with Crippen molar-refractivity contribution < 1.29 is 4.79 Å². The molecule has 2 N–H and O–H groups in total. The maximum atomic E-state index is 12.0. The van der Waals surface area contributed by atoms with E-state index < -0.39 is 0 Å². The molecule has 1 aliphatic rings. The van der Waals surface area contributed by atoms with Crippen LogP contribution in [0.15, 0.2) is 18.5 Å². The molecule has 0 aliphatic carbocycles.